The van der Waals surface area contributed by atoms with Gasteiger partial charge in [0, 0.05) is 0 Å². The summed E-state index contributed by atoms with van der Waals surface area (Å²) in [5.74, 6) is 0. The monoisotopic (exact) mass is 386 g/mol. The van der Waals surface area contributed by atoms with E-state index in [4.69, 9.17) is 0 Å². The molecule has 0 spiro atoms. The predicted octanol–water partition coefficient (Wildman–Crippen LogP) is 4.41. The van der Waals surface area contributed by atoms with Gasteiger partial charge in [-0.15, -0.1) is 0 Å². The Labute approximate surface area is 128 Å². The number of fused-ring (bicyclic) bond motifs is 6. The average molecular weight is 384 g/mol. The van der Waals surface area contributed by atoms with Crippen molar-refractivity contribution >= 4 is 67.6 Å². The van der Waals surface area contributed by atoms with Crippen LogP contribution in [0.1, 0.15) is 0 Å². The van der Waals surface area contributed by atoms with Crippen molar-refractivity contribution in [2.75, 3.05) is 0 Å². The normalized spacial score (nSPS) is 12.0. The van der Waals surface area contributed by atoms with Gasteiger partial charge in [-0.3, -0.25) is 0 Å². The quantitative estimate of drug-likeness (QED) is 0.347. The van der Waals surface area contributed by atoms with Gasteiger partial charge in [0.05, 0.1) is 0 Å². The molecule has 0 atom stereocenters. The van der Waals surface area contributed by atoms with Gasteiger partial charge in [-0.25, -0.2) is 0 Å². The van der Waals surface area contributed by atoms with E-state index in [1.165, 1.54) is 21.5 Å². The van der Waals surface area contributed by atoms with Crippen LogP contribution in [0.2, 0.25) is 0 Å². The van der Waals surface area contributed by atoms with Crippen molar-refractivity contribution in [1.82, 2.24) is 0 Å². The molecule has 2 heteroatoms. The number of hydrogen-bond donors (Lipinski definition) is 0. The summed E-state index contributed by atoms with van der Waals surface area (Å²) < 4.78 is 6.23. The second kappa shape index (κ2) is 4.10. The minimum atomic E-state index is 0.492. The molecule has 2 heterocycles. The van der Waals surface area contributed by atoms with E-state index < -0.39 is 0 Å². The summed E-state index contributed by atoms with van der Waals surface area (Å²) in [6.45, 7) is 0. The third-order valence-electron chi connectivity index (χ3n) is 3.88. The first kappa shape index (κ1) is 11.4. The number of benzene rings is 3. The van der Waals surface area contributed by atoms with Crippen LogP contribution in [0.15, 0.2) is 60.7 Å². The Hall–Kier alpha value is -1.30. The SMILES string of the molecule is c1ccc2c(c1)[se]c1cc3[se]c4ccccc4c3cc12. The Morgan fingerprint density at radius 3 is 1.50 bits per heavy atom. The van der Waals surface area contributed by atoms with Crippen molar-refractivity contribution in [1.29, 1.82) is 0 Å². The molecule has 0 fully saturated rings. The zero-order valence-corrected chi connectivity index (χ0v) is 14.0. The van der Waals surface area contributed by atoms with Crippen LogP contribution in [-0.2, 0) is 0 Å². The Bertz CT molecular complexity index is 1010. The van der Waals surface area contributed by atoms with Gasteiger partial charge in [0.15, 0.2) is 0 Å². The van der Waals surface area contributed by atoms with Gasteiger partial charge in [0.2, 0.25) is 0 Å². The summed E-state index contributed by atoms with van der Waals surface area (Å²) in [6.07, 6.45) is 0. The Morgan fingerprint density at radius 2 is 0.950 bits per heavy atom. The maximum atomic E-state index is 2.49. The molecule has 2 aromatic heterocycles. The Morgan fingerprint density at radius 1 is 0.450 bits per heavy atom. The van der Waals surface area contributed by atoms with Gasteiger partial charge in [-0.1, -0.05) is 0 Å². The Kier molecular flexibility index (Phi) is 2.33. The average Bonchev–Trinajstić information content (AvgIpc) is 3.02. The van der Waals surface area contributed by atoms with Gasteiger partial charge >= 0.3 is 128 Å². The first-order valence-electron chi connectivity index (χ1n) is 6.63. The first-order valence-corrected chi connectivity index (χ1v) is 10.1. The minimum absolute atomic E-state index is 0.492. The third-order valence-corrected chi connectivity index (χ3v) is 8.63. The van der Waals surface area contributed by atoms with Crippen LogP contribution in [-0.4, -0.2) is 29.0 Å². The molecule has 94 valence electrons. The molecule has 0 unspecified atom stereocenters. The molecule has 5 aromatic rings. The van der Waals surface area contributed by atoms with E-state index in [1.54, 1.807) is 17.0 Å². The van der Waals surface area contributed by atoms with Crippen molar-refractivity contribution in [2.24, 2.45) is 0 Å². The molecule has 0 amide bonds. The van der Waals surface area contributed by atoms with Gasteiger partial charge in [0.25, 0.3) is 0 Å². The summed E-state index contributed by atoms with van der Waals surface area (Å²) in [5.41, 5.74) is 0. The topological polar surface area (TPSA) is 0 Å². The van der Waals surface area contributed by atoms with Crippen LogP contribution in [0.5, 0.6) is 0 Å². The van der Waals surface area contributed by atoms with Crippen LogP contribution in [0, 0.1) is 0 Å². The van der Waals surface area contributed by atoms with Crippen molar-refractivity contribution in [3.8, 4) is 0 Å². The van der Waals surface area contributed by atoms with Gasteiger partial charge in [0.1, 0.15) is 0 Å². The van der Waals surface area contributed by atoms with Crippen LogP contribution in [0.25, 0.3) is 38.6 Å². The molecule has 20 heavy (non-hydrogen) atoms. The molecule has 0 nitrogen and oxygen atoms in total. The van der Waals surface area contributed by atoms with Crippen LogP contribution in [0.3, 0.4) is 0 Å². The van der Waals surface area contributed by atoms with E-state index in [0.717, 1.165) is 0 Å². The Balaban J connectivity index is 2.06. The zero-order chi connectivity index (χ0) is 13.1. The molecule has 0 saturated heterocycles. The second-order valence-electron chi connectivity index (χ2n) is 5.04. The first-order chi connectivity index (χ1) is 9.90. The van der Waals surface area contributed by atoms with Gasteiger partial charge in [-0.2, -0.15) is 0 Å². The fourth-order valence-electron chi connectivity index (χ4n) is 2.94. The van der Waals surface area contributed by atoms with E-state index in [2.05, 4.69) is 60.7 Å². The molecule has 0 aliphatic heterocycles. The van der Waals surface area contributed by atoms with E-state index in [-0.39, 0.29) is 0 Å². The molecule has 0 aliphatic rings. The molecule has 0 N–H and O–H groups in total. The van der Waals surface area contributed by atoms with Crippen LogP contribution >= 0.6 is 0 Å². The number of hydrogen-bond acceptors (Lipinski definition) is 0. The molecule has 0 aliphatic carbocycles. The molecular weight excluding hydrogens is 374 g/mol. The van der Waals surface area contributed by atoms with Crippen LogP contribution < -0.4 is 0 Å². The summed E-state index contributed by atoms with van der Waals surface area (Å²) in [4.78, 5) is 0. The van der Waals surface area contributed by atoms with Gasteiger partial charge < -0.3 is 0 Å². The fraction of sp³-hybridized carbons (Fsp3) is 0. The van der Waals surface area contributed by atoms with Gasteiger partial charge in [-0.05, 0) is 0 Å². The van der Waals surface area contributed by atoms with Crippen molar-refractivity contribution in [3.05, 3.63) is 60.7 Å². The van der Waals surface area contributed by atoms with E-state index in [1.807, 2.05) is 0 Å². The van der Waals surface area contributed by atoms with E-state index in [0.29, 0.717) is 29.0 Å². The predicted molar refractivity (Wildman–Crippen MR) is 90.3 cm³/mol. The van der Waals surface area contributed by atoms with Crippen molar-refractivity contribution in [2.45, 2.75) is 0 Å². The summed E-state index contributed by atoms with van der Waals surface area (Å²) in [6, 6.07) is 22.7. The van der Waals surface area contributed by atoms with E-state index in [9.17, 15) is 0 Å². The third kappa shape index (κ3) is 1.48. The molecule has 0 saturated carbocycles. The summed E-state index contributed by atoms with van der Waals surface area (Å²) >= 11 is 0.984. The molecule has 0 radical (unpaired) electrons. The zero-order valence-electron chi connectivity index (χ0n) is 10.6. The fourth-order valence-corrected chi connectivity index (χ4v) is 8.05. The summed E-state index contributed by atoms with van der Waals surface area (Å²) in [5, 5.41) is 5.88. The standard InChI is InChI=1S/C18H10Se2/c1-3-7-15-11(5-1)13-9-14-12-6-2-4-8-16(12)20-18(14)10-17(13)19-15/h1-10H. The van der Waals surface area contributed by atoms with Crippen LogP contribution in [0.4, 0.5) is 0 Å². The molecule has 3 aromatic carbocycles. The maximum absolute atomic E-state index is 2.49. The summed E-state index contributed by atoms with van der Waals surface area (Å²) in [7, 11) is 0. The van der Waals surface area contributed by atoms with E-state index >= 15 is 0 Å². The van der Waals surface area contributed by atoms with Crippen molar-refractivity contribution < 1.29 is 0 Å². The van der Waals surface area contributed by atoms with Crippen molar-refractivity contribution in [3.63, 3.8) is 0 Å². The molecule has 5 rings (SSSR count). The molecular formula is C18H10Se2. The number of rotatable bonds is 0. The second-order valence-corrected chi connectivity index (χ2v) is 9.59. The molecule has 0 bridgehead atoms.